The zero-order valence-corrected chi connectivity index (χ0v) is 17.6. The van der Waals surface area contributed by atoms with Crippen molar-refractivity contribution in [3.63, 3.8) is 0 Å². The van der Waals surface area contributed by atoms with Crippen molar-refractivity contribution < 1.29 is 19.1 Å². The molecular formula is C22H33N3O4. The first-order valence-electron chi connectivity index (χ1n) is 10.5. The number of nitrogens with one attached hydrogen (secondary N) is 3. The van der Waals surface area contributed by atoms with Gasteiger partial charge in [-0.3, -0.25) is 4.79 Å². The summed E-state index contributed by atoms with van der Waals surface area (Å²) in [5, 5.41) is 8.31. The first kappa shape index (κ1) is 22.7. The molecule has 29 heavy (non-hydrogen) atoms. The van der Waals surface area contributed by atoms with Crippen LogP contribution in [0.25, 0.3) is 0 Å². The second-order valence-corrected chi connectivity index (χ2v) is 7.96. The van der Waals surface area contributed by atoms with Gasteiger partial charge >= 0.3 is 12.0 Å². The Bertz CT molecular complexity index is 670. The molecule has 3 amide bonds. The summed E-state index contributed by atoms with van der Waals surface area (Å²) in [5.74, 6) is -1.10. The molecule has 0 spiro atoms. The normalized spacial score (nSPS) is 17.0. The second-order valence-electron chi connectivity index (χ2n) is 7.96. The van der Waals surface area contributed by atoms with E-state index >= 15 is 0 Å². The van der Waals surface area contributed by atoms with Gasteiger partial charge in [0, 0.05) is 11.7 Å². The molecule has 7 nitrogen and oxygen atoms in total. The van der Waals surface area contributed by atoms with Gasteiger partial charge in [0.1, 0.15) is 6.04 Å². The third-order valence-corrected chi connectivity index (χ3v) is 5.10. The van der Waals surface area contributed by atoms with Gasteiger partial charge in [0.15, 0.2) is 6.10 Å². The lowest BCUT2D eigenvalue weighted by Crippen LogP contribution is -2.49. The number of carbonyl (C=O) groups is 3. The Morgan fingerprint density at radius 2 is 1.59 bits per heavy atom. The van der Waals surface area contributed by atoms with Crippen LogP contribution in [0.5, 0.6) is 0 Å². The molecule has 0 heterocycles. The van der Waals surface area contributed by atoms with Crippen molar-refractivity contribution in [3.05, 3.63) is 30.3 Å². The molecule has 0 unspecified atom stereocenters. The SMILES string of the molecule is CC(C)[C@H](NC(=O)Nc1ccccc1)C(=O)O[C@@H](C)C(=O)NC1CCCCCC1. The van der Waals surface area contributed by atoms with Crippen molar-refractivity contribution in [1.29, 1.82) is 0 Å². The van der Waals surface area contributed by atoms with Gasteiger partial charge in [-0.05, 0) is 37.8 Å². The molecule has 160 valence electrons. The van der Waals surface area contributed by atoms with E-state index in [1.165, 1.54) is 12.8 Å². The maximum absolute atomic E-state index is 12.6. The van der Waals surface area contributed by atoms with Crippen LogP contribution in [0.15, 0.2) is 30.3 Å². The molecule has 7 heteroatoms. The molecule has 0 radical (unpaired) electrons. The Morgan fingerprint density at radius 3 is 2.17 bits per heavy atom. The van der Waals surface area contributed by atoms with Gasteiger partial charge in [-0.2, -0.15) is 0 Å². The van der Waals surface area contributed by atoms with E-state index in [1.54, 1.807) is 31.2 Å². The van der Waals surface area contributed by atoms with E-state index in [-0.39, 0.29) is 17.9 Å². The van der Waals surface area contributed by atoms with Crippen LogP contribution < -0.4 is 16.0 Å². The highest BCUT2D eigenvalue weighted by atomic mass is 16.5. The molecule has 2 atom stereocenters. The number of para-hydroxylation sites is 1. The topological polar surface area (TPSA) is 96.5 Å². The number of hydrogen-bond donors (Lipinski definition) is 3. The number of rotatable bonds is 7. The molecule has 1 aromatic carbocycles. The molecule has 2 rings (SSSR count). The van der Waals surface area contributed by atoms with E-state index in [9.17, 15) is 14.4 Å². The van der Waals surface area contributed by atoms with Crippen LogP contribution in [0.2, 0.25) is 0 Å². The van der Waals surface area contributed by atoms with Gasteiger partial charge in [0.05, 0.1) is 0 Å². The van der Waals surface area contributed by atoms with Crippen LogP contribution in [0.1, 0.15) is 59.3 Å². The zero-order valence-electron chi connectivity index (χ0n) is 17.6. The highest BCUT2D eigenvalue weighted by molar-refractivity contribution is 5.93. The summed E-state index contributed by atoms with van der Waals surface area (Å²) in [7, 11) is 0. The number of benzene rings is 1. The Balaban J connectivity index is 1.87. The van der Waals surface area contributed by atoms with Crippen LogP contribution in [0, 0.1) is 5.92 Å². The fourth-order valence-electron chi connectivity index (χ4n) is 3.37. The monoisotopic (exact) mass is 403 g/mol. The molecule has 0 aliphatic heterocycles. The van der Waals surface area contributed by atoms with Gasteiger partial charge in [-0.1, -0.05) is 57.7 Å². The number of anilines is 1. The third kappa shape index (κ3) is 7.75. The van der Waals surface area contributed by atoms with Crippen LogP contribution in [0.4, 0.5) is 10.5 Å². The Kier molecular flexibility index (Phi) is 8.96. The molecule has 1 saturated carbocycles. The Morgan fingerprint density at radius 1 is 0.966 bits per heavy atom. The van der Waals surface area contributed by atoms with E-state index in [2.05, 4.69) is 16.0 Å². The molecule has 1 aliphatic carbocycles. The fourth-order valence-corrected chi connectivity index (χ4v) is 3.37. The van der Waals surface area contributed by atoms with Gasteiger partial charge in [-0.25, -0.2) is 9.59 Å². The summed E-state index contributed by atoms with van der Waals surface area (Å²) < 4.78 is 5.37. The van der Waals surface area contributed by atoms with Gasteiger partial charge in [0.2, 0.25) is 0 Å². The first-order chi connectivity index (χ1) is 13.9. The summed E-state index contributed by atoms with van der Waals surface area (Å²) in [6.07, 6.45) is 5.62. The third-order valence-electron chi connectivity index (χ3n) is 5.10. The number of esters is 1. The van der Waals surface area contributed by atoms with Gasteiger partial charge in [0.25, 0.3) is 5.91 Å². The highest BCUT2D eigenvalue weighted by Crippen LogP contribution is 2.17. The standard InChI is InChI=1S/C22H33N3O4/c1-15(2)19(25-22(28)24-18-13-9-6-10-14-18)21(27)29-16(3)20(26)23-17-11-7-4-5-8-12-17/h6,9-10,13-17,19H,4-5,7-8,11-12H2,1-3H3,(H,23,26)(H2,24,25,28)/t16-,19-/m0/s1. The molecular weight excluding hydrogens is 370 g/mol. The van der Waals surface area contributed by atoms with Gasteiger partial charge < -0.3 is 20.7 Å². The summed E-state index contributed by atoms with van der Waals surface area (Å²) in [5.41, 5.74) is 0.622. The van der Waals surface area contributed by atoms with Crippen LogP contribution in [0.3, 0.4) is 0 Å². The minimum atomic E-state index is -0.911. The predicted octanol–water partition coefficient (Wildman–Crippen LogP) is 3.60. The lowest BCUT2D eigenvalue weighted by atomic mass is 10.0. The molecule has 1 fully saturated rings. The summed E-state index contributed by atoms with van der Waals surface area (Å²) in [6.45, 7) is 5.18. The van der Waals surface area contributed by atoms with E-state index < -0.39 is 24.1 Å². The summed E-state index contributed by atoms with van der Waals surface area (Å²) in [4.78, 5) is 37.3. The maximum Gasteiger partial charge on any atom is 0.329 e. The van der Waals surface area contributed by atoms with Crippen molar-refractivity contribution >= 4 is 23.6 Å². The summed E-state index contributed by atoms with van der Waals surface area (Å²) >= 11 is 0. The first-order valence-corrected chi connectivity index (χ1v) is 10.5. The molecule has 3 N–H and O–H groups in total. The van der Waals surface area contributed by atoms with Crippen molar-refractivity contribution in [2.75, 3.05) is 5.32 Å². The average Bonchev–Trinajstić information content (AvgIpc) is 2.95. The molecule has 1 aliphatic rings. The van der Waals surface area contributed by atoms with Gasteiger partial charge in [-0.15, -0.1) is 0 Å². The fraction of sp³-hybridized carbons (Fsp3) is 0.591. The van der Waals surface area contributed by atoms with Crippen LogP contribution in [-0.4, -0.2) is 36.1 Å². The minimum absolute atomic E-state index is 0.141. The number of ether oxygens (including phenoxy) is 1. The zero-order chi connectivity index (χ0) is 21.2. The predicted molar refractivity (Wildman–Crippen MR) is 112 cm³/mol. The van der Waals surface area contributed by atoms with E-state index in [4.69, 9.17) is 4.74 Å². The van der Waals surface area contributed by atoms with Crippen molar-refractivity contribution in [1.82, 2.24) is 10.6 Å². The van der Waals surface area contributed by atoms with E-state index in [0.717, 1.165) is 25.7 Å². The van der Waals surface area contributed by atoms with E-state index in [1.807, 2.05) is 19.9 Å². The molecule has 1 aromatic rings. The average molecular weight is 404 g/mol. The lowest BCUT2D eigenvalue weighted by molar-refractivity contribution is -0.157. The van der Waals surface area contributed by atoms with E-state index in [0.29, 0.717) is 5.69 Å². The maximum atomic E-state index is 12.6. The van der Waals surface area contributed by atoms with Crippen LogP contribution >= 0.6 is 0 Å². The number of amides is 3. The Hall–Kier alpha value is -2.57. The van der Waals surface area contributed by atoms with Crippen LogP contribution in [-0.2, 0) is 14.3 Å². The van der Waals surface area contributed by atoms with Crippen molar-refractivity contribution in [3.8, 4) is 0 Å². The molecule has 0 saturated heterocycles. The molecule has 0 bridgehead atoms. The number of urea groups is 1. The van der Waals surface area contributed by atoms with Crippen molar-refractivity contribution in [2.45, 2.75) is 77.5 Å². The lowest BCUT2D eigenvalue weighted by Gasteiger charge is -2.24. The quantitative estimate of drug-likeness (QED) is 0.479. The number of carbonyl (C=O) groups excluding carboxylic acids is 3. The summed E-state index contributed by atoms with van der Waals surface area (Å²) in [6, 6.07) is 7.75. The largest absolute Gasteiger partial charge is 0.451 e. The number of hydrogen-bond acceptors (Lipinski definition) is 4. The highest BCUT2D eigenvalue weighted by Gasteiger charge is 2.29. The Labute approximate surface area is 173 Å². The minimum Gasteiger partial charge on any atom is -0.451 e. The smallest absolute Gasteiger partial charge is 0.329 e. The second kappa shape index (κ2) is 11.4. The van der Waals surface area contributed by atoms with Crippen molar-refractivity contribution in [2.24, 2.45) is 5.92 Å². The molecule has 0 aromatic heterocycles.